The molecule has 2 aliphatic heterocycles. The van der Waals surface area contributed by atoms with Gasteiger partial charge in [0.1, 0.15) is 11.8 Å². The van der Waals surface area contributed by atoms with Crippen LogP contribution in [0.3, 0.4) is 0 Å². The fourth-order valence-corrected chi connectivity index (χ4v) is 4.29. The van der Waals surface area contributed by atoms with Gasteiger partial charge in [-0.2, -0.15) is 0 Å². The third-order valence-corrected chi connectivity index (χ3v) is 5.76. The van der Waals surface area contributed by atoms with Crippen LogP contribution in [-0.2, 0) is 16.1 Å². The number of H-pyrrole nitrogens is 1. The van der Waals surface area contributed by atoms with Crippen LogP contribution < -0.4 is 10.1 Å². The van der Waals surface area contributed by atoms with Crippen LogP contribution in [-0.4, -0.2) is 40.8 Å². The van der Waals surface area contributed by atoms with Crippen LogP contribution in [0.4, 0.5) is 0 Å². The number of fused-ring (bicyclic) bond motifs is 2. The van der Waals surface area contributed by atoms with Crippen LogP contribution in [0.15, 0.2) is 42.6 Å². The van der Waals surface area contributed by atoms with Crippen molar-refractivity contribution in [2.24, 2.45) is 0 Å². The number of methoxy groups -OCH3 is 1. The van der Waals surface area contributed by atoms with E-state index in [0.717, 1.165) is 33.3 Å². The Morgan fingerprint density at radius 3 is 2.69 bits per heavy atom. The molecular weight excluding hydrogens is 370 g/mol. The van der Waals surface area contributed by atoms with E-state index in [-0.39, 0.29) is 18.2 Å². The molecule has 1 aromatic heterocycles. The summed E-state index contributed by atoms with van der Waals surface area (Å²) in [5.41, 5.74) is 4.40. The summed E-state index contributed by atoms with van der Waals surface area (Å²) in [5.74, 6) is -0.106. The zero-order chi connectivity index (χ0) is 20.1. The Morgan fingerprint density at radius 1 is 1.07 bits per heavy atom. The lowest BCUT2D eigenvalue weighted by molar-refractivity contribution is -0.136. The summed E-state index contributed by atoms with van der Waals surface area (Å²) >= 11 is 0. The fraction of sp³-hybridized carbons (Fsp3) is 0.227. The smallest absolute Gasteiger partial charge is 0.255 e. The Kier molecular flexibility index (Phi) is 3.91. The van der Waals surface area contributed by atoms with Crippen LogP contribution in [0.1, 0.15) is 28.8 Å². The van der Waals surface area contributed by atoms with Crippen molar-refractivity contribution in [1.29, 1.82) is 0 Å². The molecule has 1 unspecified atom stereocenters. The van der Waals surface area contributed by atoms with Gasteiger partial charge in [0.2, 0.25) is 11.8 Å². The van der Waals surface area contributed by atoms with Gasteiger partial charge in [-0.15, -0.1) is 0 Å². The first-order valence-corrected chi connectivity index (χ1v) is 9.49. The molecule has 1 fully saturated rings. The van der Waals surface area contributed by atoms with Gasteiger partial charge in [-0.05, 0) is 41.8 Å². The predicted octanol–water partition coefficient (Wildman–Crippen LogP) is 2.60. The average Bonchev–Trinajstić information content (AvgIpc) is 3.29. The van der Waals surface area contributed by atoms with Crippen LogP contribution in [0.2, 0.25) is 0 Å². The summed E-state index contributed by atoms with van der Waals surface area (Å²) in [6, 6.07) is 10.8. The summed E-state index contributed by atoms with van der Waals surface area (Å²) in [7, 11) is 1.63. The maximum absolute atomic E-state index is 13.0. The van der Waals surface area contributed by atoms with Gasteiger partial charge in [0.25, 0.3) is 5.91 Å². The van der Waals surface area contributed by atoms with Crippen molar-refractivity contribution in [3.8, 4) is 16.9 Å². The quantitative estimate of drug-likeness (QED) is 0.674. The minimum absolute atomic E-state index is 0.172. The van der Waals surface area contributed by atoms with Crippen molar-refractivity contribution in [1.82, 2.24) is 15.2 Å². The molecule has 2 aromatic carbocycles. The maximum atomic E-state index is 13.0. The van der Waals surface area contributed by atoms with Crippen LogP contribution in [0, 0.1) is 0 Å². The second kappa shape index (κ2) is 6.48. The van der Waals surface area contributed by atoms with E-state index in [9.17, 15) is 14.4 Å². The summed E-state index contributed by atoms with van der Waals surface area (Å²) < 4.78 is 5.36. The Morgan fingerprint density at radius 2 is 1.90 bits per heavy atom. The minimum Gasteiger partial charge on any atom is -0.497 e. The van der Waals surface area contributed by atoms with Crippen LogP contribution >= 0.6 is 0 Å². The summed E-state index contributed by atoms with van der Waals surface area (Å²) in [4.78, 5) is 41.7. The molecule has 3 amide bonds. The zero-order valence-corrected chi connectivity index (χ0v) is 15.8. The van der Waals surface area contributed by atoms with E-state index in [2.05, 4.69) is 10.3 Å². The van der Waals surface area contributed by atoms with E-state index < -0.39 is 11.9 Å². The monoisotopic (exact) mass is 389 g/mol. The number of nitrogens with one attached hydrogen (secondary N) is 2. The highest BCUT2D eigenvalue weighted by Crippen LogP contribution is 2.38. The summed E-state index contributed by atoms with van der Waals surface area (Å²) in [5, 5.41) is 3.35. The average molecular weight is 389 g/mol. The van der Waals surface area contributed by atoms with Crippen molar-refractivity contribution in [3.05, 3.63) is 53.7 Å². The predicted molar refractivity (Wildman–Crippen MR) is 106 cm³/mol. The van der Waals surface area contributed by atoms with Crippen molar-refractivity contribution in [3.63, 3.8) is 0 Å². The number of amides is 3. The number of imide groups is 1. The Bertz CT molecular complexity index is 1180. The van der Waals surface area contributed by atoms with Crippen molar-refractivity contribution < 1.29 is 19.1 Å². The van der Waals surface area contributed by atoms with E-state index in [1.165, 1.54) is 0 Å². The molecule has 7 heteroatoms. The fourth-order valence-electron chi connectivity index (χ4n) is 4.29. The van der Waals surface area contributed by atoms with Crippen molar-refractivity contribution in [2.75, 3.05) is 7.11 Å². The maximum Gasteiger partial charge on any atom is 0.255 e. The standard InChI is InChI=1S/C22H19N3O4/c1-29-12-5-6-18-15(9-12)16(10-23-18)13-3-2-4-14-17(13)11-25(22(14)28)19-7-8-20(26)24-21(19)27/h2-6,9-10,19,23H,7-8,11H2,1H3,(H,24,26,27). The molecular formula is C22H19N3O4. The molecule has 29 heavy (non-hydrogen) atoms. The molecule has 0 radical (unpaired) electrons. The Hall–Kier alpha value is -3.61. The van der Waals surface area contributed by atoms with Gasteiger partial charge in [0.05, 0.1) is 7.11 Å². The zero-order valence-electron chi connectivity index (χ0n) is 15.8. The van der Waals surface area contributed by atoms with E-state index in [1.807, 2.05) is 36.5 Å². The molecule has 7 nitrogen and oxygen atoms in total. The van der Waals surface area contributed by atoms with Crippen molar-refractivity contribution >= 4 is 28.6 Å². The van der Waals surface area contributed by atoms with Gasteiger partial charge in [-0.1, -0.05) is 12.1 Å². The molecule has 2 aliphatic rings. The number of carbonyl (C=O) groups excluding carboxylic acids is 3. The normalized spacial score (nSPS) is 18.9. The Labute approximate surface area is 166 Å². The number of hydrogen-bond acceptors (Lipinski definition) is 4. The molecule has 3 aromatic rings. The van der Waals surface area contributed by atoms with E-state index in [1.54, 1.807) is 18.1 Å². The van der Waals surface area contributed by atoms with E-state index >= 15 is 0 Å². The van der Waals surface area contributed by atoms with Gasteiger partial charge in [-0.25, -0.2) is 0 Å². The van der Waals surface area contributed by atoms with Crippen molar-refractivity contribution in [2.45, 2.75) is 25.4 Å². The van der Waals surface area contributed by atoms with Gasteiger partial charge in [-0.3, -0.25) is 19.7 Å². The SMILES string of the molecule is COc1ccc2[nH]cc(-c3cccc4c3CN(C3CCC(=O)NC3=O)C4=O)c2c1. The molecule has 3 heterocycles. The number of rotatable bonds is 3. The molecule has 0 spiro atoms. The third kappa shape index (κ3) is 2.69. The number of hydrogen-bond donors (Lipinski definition) is 2. The van der Waals surface area contributed by atoms with E-state index in [4.69, 9.17) is 4.74 Å². The van der Waals surface area contributed by atoms with Gasteiger partial charge in [0, 0.05) is 41.2 Å². The second-order valence-corrected chi connectivity index (χ2v) is 7.35. The van der Waals surface area contributed by atoms with Gasteiger partial charge < -0.3 is 14.6 Å². The molecule has 5 rings (SSSR count). The number of ether oxygens (including phenoxy) is 1. The third-order valence-electron chi connectivity index (χ3n) is 5.76. The topological polar surface area (TPSA) is 91.5 Å². The lowest BCUT2D eigenvalue weighted by Crippen LogP contribution is -2.52. The number of piperidine rings is 1. The number of nitrogens with zero attached hydrogens (tertiary/aromatic N) is 1. The minimum atomic E-state index is -0.622. The molecule has 0 saturated carbocycles. The summed E-state index contributed by atoms with van der Waals surface area (Å²) in [6.07, 6.45) is 2.52. The van der Waals surface area contributed by atoms with E-state index in [0.29, 0.717) is 18.5 Å². The van der Waals surface area contributed by atoms with Gasteiger partial charge in [0.15, 0.2) is 0 Å². The van der Waals surface area contributed by atoms with Crippen LogP contribution in [0.5, 0.6) is 5.75 Å². The lowest BCUT2D eigenvalue weighted by Gasteiger charge is -2.29. The lowest BCUT2D eigenvalue weighted by atomic mass is 9.96. The number of aromatic amines is 1. The molecule has 146 valence electrons. The number of benzene rings is 2. The van der Waals surface area contributed by atoms with Gasteiger partial charge >= 0.3 is 0 Å². The highest BCUT2D eigenvalue weighted by molar-refractivity contribution is 6.07. The molecule has 1 saturated heterocycles. The summed E-state index contributed by atoms with van der Waals surface area (Å²) in [6.45, 7) is 0.341. The first-order chi connectivity index (χ1) is 14.1. The first-order valence-electron chi connectivity index (χ1n) is 9.49. The molecule has 0 aliphatic carbocycles. The molecule has 2 N–H and O–H groups in total. The molecule has 0 bridgehead atoms. The highest BCUT2D eigenvalue weighted by Gasteiger charge is 2.40. The second-order valence-electron chi connectivity index (χ2n) is 7.35. The highest BCUT2D eigenvalue weighted by atomic mass is 16.5. The first kappa shape index (κ1) is 17.5. The number of carbonyl (C=O) groups is 3. The largest absolute Gasteiger partial charge is 0.497 e. The number of aromatic nitrogens is 1. The van der Waals surface area contributed by atoms with Crippen LogP contribution in [0.25, 0.3) is 22.0 Å². The Balaban J connectivity index is 1.57. The molecule has 1 atom stereocenters.